The van der Waals surface area contributed by atoms with Crippen LogP contribution in [0.1, 0.15) is 31.6 Å². The molecule has 0 saturated heterocycles. The van der Waals surface area contributed by atoms with Crippen molar-refractivity contribution in [2.24, 2.45) is 4.99 Å². The van der Waals surface area contributed by atoms with E-state index in [1.54, 1.807) is 14.0 Å². The third-order valence-electron chi connectivity index (χ3n) is 1.69. The van der Waals surface area contributed by atoms with Crippen molar-refractivity contribution >= 4 is 5.84 Å². The largest absolute Gasteiger partial charge is 0.364 e. The third-order valence-corrected chi connectivity index (χ3v) is 1.69. The lowest BCUT2D eigenvalue weighted by Gasteiger charge is -2.09. The van der Waals surface area contributed by atoms with E-state index in [1.165, 1.54) is 0 Å². The van der Waals surface area contributed by atoms with Crippen LogP contribution in [0.25, 0.3) is 0 Å². The van der Waals surface area contributed by atoms with Crippen molar-refractivity contribution in [2.75, 3.05) is 7.05 Å². The fourth-order valence-corrected chi connectivity index (χ4v) is 0.933. The van der Waals surface area contributed by atoms with Gasteiger partial charge in [0, 0.05) is 14.0 Å². The Morgan fingerprint density at radius 3 is 2.77 bits per heavy atom. The maximum atomic E-state index is 4.86. The SMILES string of the molecule is CN=C(C)N[C@H](C)c1noc(C)n1. The number of amidine groups is 1. The molecule has 0 aromatic carbocycles. The molecule has 1 aromatic heterocycles. The molecule has 5 nitrogen and oxygen atoms in total. The Labute approximate surface area is 77.3 Å². The van der Waals surface area contributed by atoms with Gasteiger partial charge in [-0.2, -0.15) is 4.98 Å². The molecule has 0 radical (unpaired) electrons. The zero-order chi connectivity index (χ0) is 9.84. The fourth-order valence-electron chi connectivity index (χ4n) is 0.933. The van der Waals surface area contributed by atoms with E-state index in [9.17, 15) is 0 Å². The van der Waals surface area contributed by atoms with Gasteiger partial charge in [0.05, 0.1) is 11.9 Å². The molecule has 5 heteroatoms. The molecule has 0 aliphatic rings. The Morgan fingerprint density at radius 1 is 1.62 bits per heavy atom. The van der Waals surface area contributed by atoms with Crippen LogP contribution in [0.15, 0.2) is 9.52 Å². The second-order valence-electron chi connectivity index (χ2n) is 2.85. The molecule has 1 heterocycles. The molecule has 1 N–H and O–H groups in total. The van der Waals surface area contributed by atoms with E-state index in [1.807, 2.05) is 13.8 Å². The molecule has 0 spiro atoms. The summed E-state index contributed by atoms with van der Waals surface area (Å²) >= 11 is 0. The number of aromatic nitrogens is 2. The van der Waals surface area contributed by atoms with E-state index in [4.69, 9.17) is 4.52 Å². The molecule has 1 aromatic rings. The van der Waals surface area contributed by atoms with Crippen LogP contribution in [0.4, 0.5) is 0 Å². The van der Waals surface area contributed by atoms with Crippen LogP contribution >= 0.6 is 0 Å². The molecule has 13 heavy (non-hydrogen) atoms. The molecule has 1 atom stereocenters. The van der Waals surface area contributed by atoms with Gasteiger partial charge in [-0.1, -0.05) is 5.16 Å². The minimum Gasteiger partial charge on any atom is -0.364 e. The Morgan fingerprint density at radius 2 is 2.31 bits per heavy atom. The van der Waals surface area contributed by atoms with Crippen LogP contribution < -0.4 is 5.32 Å². The second kappa shape index (κ2) is 4.02. The second-order valence-corrected chi connectivity index (χ2v) is 2.85. The highest BCUT2D eigenvalue weighted by molar-refractivity contribution is 5.79. The molecule has 0 aliphatic carbocycles. The number of hydrogen-bond donors (Lipinski definition) is 1. The van der Waals surface area contributed by atoms with Gasteiger partial charge >= 0.3 is 0 Å². The molecular formula is C8H14N4O. The molecule has 0 fully saturated rings. The fraction of sp³-hybridized carbons (Fsp3) is 0.625. The van der Waals surface area contributed by atoms with Crippen LogP contribution in [0.2, 0.25) is 0 Å². The Kier molecular flexibility index (Phi) is 3.00. The summed E-state index contributed by atoms with van der Waals surface area (Å²) in [6.07, 6.45) is 0. The summed E-state index contributed by atoms with van der Waals surface area (Å²) < 4.78 is 4.86. The summed E-state index contributed by atoms with van der Waals surface area (Å²) in [7, 11) is 1.73. The van der Waals surface area contributed by atoms with E-state index >= 15 is 0 Å². The van der Waals surface area contributed by atoms with Crippen LogP contribution in [0.5, 0.6) is 0 Å². The van der Waals surface area contributed by atoms with Gasteiger partial charge in [0.15, 0.2) is 5.82 Å². The van der Waals surface area contributed by atoms with Crippen LogP contribution in [0.3, 0.4) is 0 Å². The van der Waals surface area contributed by atoms with Crippen molar-refractivity contribution in [2.45, 2.75) is 26.8 Å². The zero-order valence-corrected chi connectivity index (χ0v) is 8.33. The van der Waals surface area contributed by atoms with Gasteiger partial charge in [-0.15, -0.1) is 0 Å². The first kappa shape index (κ1) is 9.70. The highest BCUT2D eigenvalue weighted by Gasteiger charge is 2.11. The van der Waals surface area contributed by atoms with Crippen molar-refractivity contribution in [1.29, 1.82) is 0 Å². The monoisotopic (exact) mass is 182 g/mol. The Hall–Kier alpha value is -1.39. The summed E-state index contributed by atoms with van der Waals surface area (Å²) in [4.78, 5) is 8.08. The maximum absolute atomic E-state index is 4.86. The summed E-state index contributed by atoms with van der Waals surface area (Å²) in [6.45, 7) is 5.62. The lowest BCUT2D eigenvalue weighted by molar-refractivity contribution is 0.383. The molecule has 1 rings (SSSR count). The van der Waals surface area contributed by atoms with Gasteiger partial charge in [-0.3, -0.25) is 4.99 Å². The van der Waals surface area contributed by atoms with Crippen LogP contribution in [-0.2, 0) is 0 Å². The topological polar surface area (TPSA) is 63.3 Å². The number of hydrogen-bond acceptors (Lipinski definition) is 4. The molecule has 72 valence electrons. The van der Waals surface area contributed by atoms with Crippen molar-refractivity contribution in [3.63, 3.8) is 0 Å². The van der Waals surface area contributed by atoms with Gasteiger partial charge in [0.1, 0.15) is 0 Å². The first-order valence-electron chi connectivity index (χ1n) is 4.13. The summed E-state index contributed by atoms with van der Waals surface area (Å²) in [5, 5.41) is 6.92. The summed E-state index contributed by atoms with van der Waals surface area (Å²) in [5.74, 6) is 2.09. The minimum atomic E-state index is 0.0288. The first-order valence-corrected chi connectivity index (χ1v) is 4.13. The van der Waals surface area contributed by atoms with E-state index in [2.05, 4.69) is 20.4 Å². The lowest BCUT2D eigenvalue weighted by atomic mass is 10.3. The maximum Gasteiger partial charge on any atom is 0.223 e. The predicted molar refractivity (Wildman–Crippen MR) is 49.6 cm³/mol. The third kappa shape index (κ3) is 2.54. The molecular weight excluding hydrogens is 168 g/mol. The van der Waals surface area contributed by atoms with Crippen molar-refractivity contribution in [1.82, 2.24) is 15.5 Å². The molecule has 0 bridgehead atoms. The van der Waals surface area contributed by atoms with Gasteiger partial charge in [0.2, 0.25) is 5.89 Å². The Balaban J connectivity index is 2.63. The number of nitrogens with zero attached hydrogens (tertiary/aromatic N) is 3. The number of nitrogens with one attached hydrogen (secondary N) is 1. The summed E-state index contributed by atoms with van der Waals surface area (Å²) in [5.41, 5.74) is 0. The number of rotatable bonds is 2. The highest BCUT2D eigenvalue weighted by Crippen LogP contribution is 2.06. The predicted octanol–water partition coefficient (Wildman–Crippen LogP) is 1.08. The molecule has 0 aliphatic heterocycles. The number of aryl methyl sites for hydroxylation is 1. The molecule has 0 unspecified atom stereocenters. The normalized spacial score (nSPS) is 14.3. The summed E-state index contributed by atoms with van der Waals surface area (Å²) in [6, 6.07) is 0.0288. The van der Waals surface area contributed by atoms with Gasteiger partial charge in [-0.05, 0) is 13.8 Å². The van der Waals surface area contributed by atoms with E-state index < -0.39 is 0 Å². The average Bonchev–Trinajstić information content (AvgIpc) is 2.51. The lowest BCUT2D eigenvalue weighted by Crippen LogP contribution is -2.24. The molecule has 0 amide bonds. The zero-order valence-electron chi connectivity index (χ0n) is 8.33. The van der Waals surface area contributed by atoms with Crippen molar-refractivity contribution in [3.8, 4) is 0 Å². The first-order chi connectivity index (χ1) is 6.13. The van der Waals surface area contributed by atoms with E-state index in [-0.39, 0.29) is 6.04 Å². The van der Waals surface area contributed by atoms with Gasteiger partial charge in [-0.25, -0.2) is 0 Å². The quantitative estimate of drug-likeness (QED) is 0.549. The van der Waals surface area contributed by atoms with Crippen LogP contribution in [-0.4, -0.2) is 23.0 Å². The van der Waals surface area contributed by atoms with Crippen molar-refractivity contribution in [3.05, 3.63) is 11.7 Å². The minimum absolute atomic E-state index is 0.0288. The highest BCUT2D eigenvalue weighted by atomic mass is 16.5. The van der Waals surface area contributed by atoms with E-state index in [0.29, 0.717) is 11.7 Å². The van der Waals surface area contributed by atoms with Crippen LogP contribution in [0, 0.1) is 6.92 Å². The smallest absolute Gasteiger partial charge is 0.223 e. The Bertz CT molecular complexity index is 305. The molecule has 0 saturated carbocycles. The average molecular weight is 182 g/mol. The number of aliphatic imine (C=N–C) groups is 1. The van der Waals surface area contributed by atoms with Gasteiger partial charge < -0.3 is 9.84 Å². The standard InChI is InChI=1S/C8H14N4O/c1-5(10-6(2)9-4)8-11-7(3)13-12-8/h5H,1-4H3,(H,9,10)/t5-/m1/s1. The van der Waals surface area contributed by atoms with Gasteiger partial charge in [0.25, 0.3) is 0 Å². The van der Waals surface area contributed by atoms with E-state index in [0.717, 1.165) is 5.84 Å². The van der Waals surface area contributed by atoms with Crippen molar-refractivity contribution < 1.29 is 4.52 Å².